The van der Waals surface area contributed by atoms with Gasteiger partial charge in [0.15, 0.2) is 0 Å². The molecule has 0 amide bonds. The Balaban J connectivity index is 2.17. The van der Waals surface area contributed by atoms with Gasteiger partial charge in [-0.1, -0.05) is 12.1 Å². The Bertz CT molecular complexity index is 319. The molecular formula is C10H19N5. The number of hydrogen-bond donors (Lipinski definition) is 1. The molecule has 2 heterocycles. The Kier molecular flexibility index (Phi) is 3.02. The standard InChI is InChI=1S/C10H19N5/c1-3-5-15-6-4-8(11)10(15)9-7-14(2)13-12-9/h7-8,10H,3-6,11H2,1-2H3/t8-,10-/m0/s1. The Hall–Kier alpha value is -0.940. The van der Waals surface area contributed by atoms with E-state index in [9.17, 15) is 0 Å². The number of nitrogens with zero attached hydrogens (tertiary/aromatic N) is 4. The summed E-state index contributed by atoms with van der Waals surface area (Å²) in [4.78, 5) is 2.41. The average Bonchev–Trinajstić information content (AvgIpc) is 2.74. The first-order valence-electron chi connectivity index (χ1n) is 5.58. The molecule has 2 atom stereocenters. The Morgan fingerprint density at radius 3 is 3.00 bits per heavy atom. The normalized spacial score (nSPS) is 27.4. The van der Waals surface area contributed by atoms with Gasteiger partial charge in [0.25, 0.3) is 0 Å². The minimum atomic E-state index is 0.202. The molecule has 1 aromatic heterocycles. The van der Waals surface area contributed by atoms with Crippen LogP contribution in [0, 0.1) is 0 Å². The minimum absolute atomic E-state index is 0.202. The highest BCUT2D eigenvalue weighted by molar-refractivity contribution is 5.08. The average molecular weight is 209 g/mol. The van der Waals surface area contributed by atoms with E-state index in [4.69, 9.17) is 5.73 Å². The second kappa shape index (κ2) is 4.28. The summed E-state index contributed by atoms with van der Waals surface area (Å²) in [7, 11) is 1.89. The fourth-order valence-electron chi connectivity index (χ4n) is 2.33. The lowest BCUT2D eigenvalue weighted by Gasteiger charge is -2.24. The molecule has 5 nitrogen and oxygen atoms in total. The van der Waals surface area contributed by atoms with Crippen molar-refractivity contribution in [2.45, 2.75) is 31.8 Å². The van der Waals surface area contributed by atoms with Crippen molar-refractivity contribution in [1.82, 2.24) is 19.9 Å². The lowest BCUT2D eigenvalue weighted by Crippen LogP contribution is -2.32. The molecule has 5 heteroatoms. The Labute approximate surface area is 90.2 Å². The van der Waals surface area contributed by atoms with E-state index in [1.54, 1.807) is 4.68 Å². The molecule has 1 aliphatic heterocycles. The largest absolute Gasteiger partial charge is 0.326 e. The maximum absolute atomic E-state index is 6.12. The van der Waals surface area contributed by atoms with E-state index >= 15 is 0 Å². The Morgan fingerprint density at radius 2 is 2.40 bits per heavy atom. The number of likely N-dealkylation sites (tertiary alicyclic amines) is 1. The first kappa shape index (κ1) is 10.6. The van der Waals surface area contributed by atoms with Crippen LogP contribution in [0.3, 0.4) is 0 Å². The second-order valence-electron chi connectivity index (χ2n) is 4.25. The summed E-state index contributed by atoms with van der Waals surface area (Å²) in [5.41, 5.74) is 7.13. The molecule has 84 valence electrons. The van der Waals surface area contributed by atoms with Crippen molar-refractivity contribution in [1.29, 1.82) is 0 Å². The quantitative estimate of drug-likeness (QED) is 0.778. The van der Waals surface area contributed by atoms with E-state index in [2.05, 4.69) is 22.1 Å². The van der Waals surface area contributed by atoms with Gasteiger partial charge in [-0.05, 0) is 19.4 Å². The van der Waals surface area contributed by atoms with Crippen molar-refractivity contribution >= 4 is 0 Å². The molecule has 1 aliphatic rings. The maximum atomic E-state index is 6.12. The summed E-state index contributed by atoms with van der Waals surface area (Å²) >= 11 is 0. The van der Waals surface area contributed by atoms with Crippen molar-refractivity contribution in [3.8, 4) is 0 Å². The van der Waals surface area contributed by atoms with Crippen molar-refractivity contribution in [2.75, 3.05) is 13.1 Å². The van der Waals surface area contributed by atoms with E-state index < -0.39 is 0 Å². The molecule has 0 unspecified atom stereocenters. The van der Waals surface area contributed by atoms with Crippen LogP contribution in [0.4, 0.5) is 0 Å². The van der Waals surface area contributed by atoms with E-state index in [1.165, 1.54) is 0 Å². The van der Waals surface area contributed by atoms with Crippen LogP contribution in [0.15, 0.2) is 6.20 Å². The van der Waals surface area contributed by atoms with Gasteiger partial charge >= 0.3 is 0 Å². The molecule has 0 spiro atoms. The van der Waals surface area contributed by atoms with E-state index in [-0.39, 0.29) is 12.1 Å². The van der Waals surface area contributed by atoms with Gasteiger partial charge in [-0.25, -0.2) is 0 Å². The van der Waals surface area contributed by atoms with Gasteiger partial charge in [0.2, 0.25) is 0 Å². The molecule has 15 heavy (non-hydrogen) atoms. The van der Waals surface area contributed by atoms with Crippen LogP contribution >= 0.6 is 0 Å². The molecule has 1 aromatic rings. The van der Waals surface area contributed by atoms with Gasteiger partial charge in [0.1, 0.15) is 5.69 Å². The monoisotopic (exact) mass is 209 g/mol. The first-order chi connectivity index (χ1) is 7.22. The molecule has 0 saturated carbocycles. The predicted molar refractivity (Wildman–Crippen MR) is 58.2 cm³/mol. The zero-order valence-electron chi connectivity index (χ0n) is 9.43. The molecule has 1 fully saturated rings. The van der Waals surface area contributed by atoms with E-state index in [0.717, 1.165) is 31.6 Å². The van der Waals surface area contributed by atoms with Gasteiger partial charge in [-0.2, -0.15) is 0 Å². The van der Waals surface area contributed by atoms with E-state index in [0.29, 0.717) is 0 Å². The molecule has 2 rings (SSSR count). The maximum Gasteiger partial charge on any atom is 0.101 e. The summed E-state index contributed by atoms with van der Waals surface area (Å²) in [5.74, 6) is 0. The van der Waals surface area contributed by atoms with Crippen LogP contribution in [0.1, 0.15) is 31.5 Å². The third-order valence-corrected chi connectivity index (χ3v) is 2.98. The number of hydrogen-bond acceptors (Lipinski definition) is 4. The summed E-state index contributed by atoms with van der Waals surface area (Å²) < 4.78 is 1.74. The van der Waals surface area contributed by atoms with Crippen LogP contribution in [0.2, 0.25) is 0 Å². The highest BCUT2D eigenvalue weighted by Crippen LogP contribution is 2.29. The summed E-state index contributed by atoms with van der Waals surface area (Å²) in [6.07, 6.45) is 4.18. The SMILES string of the molecule is CCCN1CC[C@H](N)[C@H]1c1cn(C)nn1. The summed E-state index contributed by atoms with van der Waals surface area (Å²) in [6.45, 7) is 4.36. The third kappa shape index (κ3) is 2.03. The van der Waals surface area contributed by atoms with Gasteiger partial charge in [-0.15, -0.1) is 5.10 Å². The van der Waals surface area contributed by atoms with Crippen molar-refractivity contribution < 1.29 is 0 Å². The van der Waals surface area contributed by atoms with Gasteiger partial charge < -0.3 is 5.73 Å². The smallest absolute Gasteiger partial charge is 0.101 e. The molecule has 0 aliphatic carbocycles. The van der Waals surface area contributed by atoms with Crippen LogP contribution in [0.5, 0.6) is 0 Å². The zero-order valence-corrected chi connectivity index (χ0v) is 9.43. The Morgan fingerprint density at radius 1 is 1.60 bits per heavy atom. The summed E-state index contributed by atoms with van der Waals surface area (Å²) in [5, 5.41) is 8.15. The number of rotatable bonds is 3. The highest BCUT2D eigenvalue weighted by Gasteiger charge is 2.34. The van der Waals surface area contributed by atoms with Crippen LogP contribution in [-0.4, -0.2) is 39.0 Å². The molecule has 0 radical (unpaired) electrons. The van der Waals surface area contributed by atoms with Gasteiger partial charge in [0.05, 0.1) is 6.04 Å². The summed E-state index contributed by atoms with van der Waals surface area (Å²) in [6, 6.07) is 0.465. The lowest BCUT2D eigenvalue weighted by molar-refractivity contribution is 0.244. The van der Waals surface area contributed by atoms with Crippen LogP contribution < -0.4 is 5.73 Å². The third-order valence-electron chi connectivity index (χ3n) is 2.98. The number of nitrogens with two attached hydrogens (primary N) is 1. The minimum Gasteiger partial charge on any atom is -0.326 e. The number of aromatic nitrogens is 3. The van der Waals surface area contributed by atoms with Crippen molar-refractivity contribution in [3.63, 3.8) is 0 Å². The molecule has 2 N–H and O–H groups in total. The van der Waals surface area contributed by atoms with Crippen LogP contribution in [-0.2, 0) is 7.05 Å². The fourth-order valence-corrected chi connectivity index (χ4v) is 2.33. The van der Waals surface area contributed by atoms with E-state index in [1.807, 2.05) is 13.2 Å². The van der Waals surface area contributed by atoms with Crippen molar-refractivity contribution in [3.05, 3.63) is 11.9 Å². The predicted octanol–water partition coefficient (Wildman–Crippen LogP) is 0.299. The molecular weight excluding hydrogens is 190 g/mol. The fraction of sp³-hybridized carbons (Fsp3) is 0.800. The topological polar surface area (TPSA) is 60.0 Å². The molecule has 0 bridgehead atoms. The van der Waals surface area contributed by atoms with Gasteiger partial charge in [0, 0.05) is 25.8 Å². The highest BCUT2D eigenvalue weighted by atomic mass is 15.4. The van der Waals surface area contributed by atoms with Crippen molar-refractivity contribution in [2.24, 2.45) is 12.8 Å². The number of aryl methyl sites for hydroxylation is 1. The van der Waals surface area contributed by atoms with Crippen LogP contribution in [0.25, 0.3) is 0 Å². The second-order valence-corrected chi connectivity index (χ2v) is 4.25. The molecule has 0 aromatic carbocycles. The lowest BCUT2D eigenvalue weighted by atomic mass is 10.1. The first-order valence-corrected chi connectivity index (χ1v) is 5.58. The van der Waals surface area contributed by atoms with Gasteiger partial charge in [-0.3, -0.25) is 9.58 Å². The zero-order chi connectivity index (χ0) is 10.8. The molecule has 1 saturated heterocycles.